The maximum absolute atomic E-state index is 13.3. The predicted octanol–water partition coefficient (Wildman–Crippen LogP) is 1.41. The van der Waals surface area contributed by atoms with Gasteiger partial charge in [0.05, 0.1) is 13.0 Å². The fourth-order valence-corrected chi connectivity index (χ4v) is 4.53. The number of hydrogen-bond acceptors (Lipinski definition) is 8. The van der Waals surface area contributed by atoms with Crippen LogP contribution in [-0.2, 0) is 21.1 Å². The first-order valence-corrected chi connectivity index (χ1v) is 11.9. The number of aromatic nitrogens is 4. The van der Waals surface area contributed by atoms with Crippen LogP contribution in [-0.4, -0.2) is 64.7 Å². The van der Waals surface area contributed by atoms with Crippen LogP contribution in [0.5, 0.6) is 0 Å². The van der Waals surface area contributed by atoms with Gasteiger partial charge in [-0.05, 0) is 12.0 Å². The van der Waals surface area contributed by atoms with Crippen LogP contribution < -0.4 is 11.4 Å². The highest BCUT2D eigenvalue weighted by Gasteiger charge is 2.27. The van der Waals surface area contributed by atoms with Gasteiger partial charge in [0.25, 0.3) is 0 Å². The Morgan fingerprint density at radius 2 is 1.91 bits per heavy atom. The summed E-state index contributed by atoms with van der Waals surface area (Å²) in [6, 6.07) is 8.16. The number of carboxylic acid groups (broad SMARTS) is 1. The summed E-state index contributed by atoms with van der Waals surface area (Å²) in [5.41, 5.74) is 5.96. The van der Waals surface area contributed by atoms with E-state index < -0.39 is 27.4 Å². The number of anilines is 1. The van der Waals surface area contributed by atoms with Crippen molar-refractivity contribution >= 4 is 38.7 Å². The Balaban J connectivity index is 2.25. The number of rotatable bonds is 8. The fourth-order valence-electron chi connectivity index (χ4n) is 3.29. The molecule has 1 aromatic carbocycles. The lowest BCUT2D eigenvalue weighted by Gasteiger charge is -2.16. The van der Waals surface area contributed by atoms with E-state index in [2.05, 4.69) is 9.97 Å². The van der Waals surface area contributed by atoms with Crippen molar-refractivity contribution in [2.45, 2.75) is 31.5 Å². The minimum atomic E-state index is -3.36. The number of nitrogens with two attached hydrogens (primary N) is 1. The molecule has 1 atom stereocenters. The van der Waals surface area contributed by atoms with Crippen LogP contribution in [0.4, 0.5) is 10.6 Å². The van der Waals surface area contributed by atoms with Crippen molar-refractivity contribution in [1.29, 1.82) is 4.78 Å². The summed E-state index contributed by atoms with van der Waals surface area (Å²) in [6.07, 6.45) is 0.141. The molecule has 0 aliphatic carbocycles. The Bertz CT molecular complexity index is 1360. The van der Waals surface area contributed by atoms with Gasteiger partial charge in [-0.25, -0.2) is 28.1 Å². The SMILES string of the molecule is CCCS(=N)(=O)c1nc(N)c2c(n1)n(Cc1ccccc1)c(=O)n2C(=O)N(C)CCC(=O)O. The number of hydrogen-bond donors (Lipinski definition) is 3. The van der Waals surface area contributed by atoms with Gasteiger partial charge in [-0.2, -0.15) is 4.98 Å². The number of amides is 1. The summed E-state index contributed by atoms with van der Waals surface area (Å²) < 4.78 is 22.9. The quantitative estimate of drug-likeness (QED) is 0.409. The van der Waals surface area contributed by atoms with E-state index in [0.717, 1.165) is 15.0 Å². The molecule has 0 aliphatic heterocycles. The summed E-state index contributed by atoms with van der Waals surface area (Å²) in [4.78, 5) is 46.6. The topological polar surface area (TPSA) is 177 Å². The molecule has 2 aromatic heterocycles. The predicted molar refractivity (Wildman–Crippen MR) is 122 cm³/mol. The number of carbonyl (C=O) groups is 2. The lowest BCUT2D eigenvalue weighted by molar-refractivity contribution is -0.137. The van der Waals surface area contributed by atoms with Gasteiger partial charge in [-0.3, -0.25) is 9.36 Å². The molecular weight excluding hydrogens is 450 g/mol. The van der Waals surface area contributed by atoms with Gasteiger partial charge in [-0.15, -0.1) is 0 Å². The van der Waals surface area contributed by atoms with Crippen LogP contribution in [0.1, 0.15) is 25.3 Å². The molecule has 1 unspecified atom stereocenters. The van der Waals surface area contributed by atoms with Gasteiger partial charge < -0.3 is 15.7 Å². The molecule has 176 valence electrons. The number of fused-ring (bicyclic) bond motifs is 1. The van der Waals surface area contributed by atoms with Crippen molar-refractivity contribution < 1.29 is 18.9 Å². The molecular formula is C20H25N7O5S. The minimum Gasteiger partial charge on any atom is -0.481 e. The van der Waals surface area contributed by atoms with E-state index in [1.54, 1.807) is 31.2 Å². The van der Waals surface area contributed by atoms with Crippen molar-refractivity contribution in [2.24, 2.45) is 0 Å². The molecule has 2 heterocycles. The Kier molecular flexibility index (Phi) is 6.81. The summed E-state index contributed by atoms with van der Waals surface area (Å²) in [6.45, 7) is 1.67. The number of aliphatic carboxylic acids is 1. The highest BCUT2D eigenvalue weighted by molar-refractivity contribution is 7.92. The monoisotopic (exact) mass is 475 g/mol. The number of nitrogen functional groups attached to an aromatic ring is 1. The first kappa shape index (κ1) is 23.9. The fraction of sp³-hybridized carbons (Fsp3) is 0.350. The number of benzene rings is 1. The molecule has 3 rings (SSSR count). The van der Waals surface area contributed by atoms with Gasteiger partial charge in [0, 0.05) is 19.3 Å². The van der Waals surface area contributed by atoms with Gasteiger partial charge >= 0.3 is 17.7 Å². The Hall–Kier alpha value is -3.74. The zero-order valence-corrected chi connectivity index (χ0v) is 19.0. The second-order valence-electron chi connectivity index (χ2n) is 7.48. The van der Waals surface area contributed by atoms with Gasteiger partial charge in [0.1, 0.15) is 15.2 Å². The molecule has 13 heteroatoms. The zero-order valence-electron chi connectivity index (χ0n) is 18.2. The molecule has 33 heavy (non-hydrogen) atoms. The lowest BCUT2D eigenvalue weighted by Crippen LogP contribution is -2.39. The number of carbonyl (C=O) groups excluding carboxylic acids is 1. The maximum Gasteiger partial charge on any atom is 0.339 e. The molecule has 1 amide bonds. The van der Waals surface area contributed by atoms with E-state index in [-0.39, 0.29) is 47.4 Å². The third kappa shape index (κ3) is 4.87. The molecule has 3 aromatic rings. The highest BCUT2D eigenvalue weighted by atomic mass is 32.2. The first-order chi connectivity index (χ1) is 15.6. The zero-order chi connectivity index (χ0) is 24.3. The molecule has 0 saturated carbocycles. The van der Waals surface area contributed by atoms with Gasteiger partial charge in [-0.1, -0.05) is 37.3 Å². The van der Waals surface area contributed by atoms with Crippen LogP contribution in [0, 0.1) is 4.78 Å². The molecule has 0 fully saturated rings. The second kappa shape index (κ2) is 9.40. The lowest BCUT2D eigenvalue weighted by atomic mass is 10.2. The number of imidazole rings is 1. The number of nitrogens with zero attached hydrogens (tertiary/aromatic N) is 5. The third-order valence-electron chi connectivity index (χ3n) is 4.92. The van der Waals surface area contributed by atoms with Gasteiger partial charge in [0.2, 0.25) is 5.16 Å². The average Bonchev–Trinajstić information content (AvgIpc) is 3.04. The van der Waals surface area contributed by atoms with Crippen molar-refractivity contribution in [3.05, 3.63) is 46.4 Å². The van der Waals surface area contributed by atoms with E-state index in [0.29, 0.717) is 6.42 Å². The molecule has 0 bridgehead atoms. The van der Waals surface area contributed by atoms with E-state index in [4.69, 9.17) is 15.6 Å². The molecule has 0 radical (unpaired) electrons. The molecule has 0 aliphatic rings. The van der Waals surface area contributed by atoms with Crippen molar-refractivity contribution in [3.63, 3.8) is 0 Å². The summed E-state index contributed by atoms with van der Waals surface area (Å²) in [7, 11) is -2.00. The third-order valence-corrected chi connectivity index (χ3v) is 6.68. The van der Waals surface area contributed by atoms with Crippen molar-refractivity contribution in [1.82, 2.24) is 24.0 Å². The van der Waals surface area contributed by atoms with Crippen molar-refractivity contribution in [3.8, 4) is 0 Å². The van der Waals surface area contributed by atoms with Crippen LogP contribution in [0.2, 0.25) is 0 Å². The Morgan fingerprint density at radius 3 is 2.52 bits per heavy atom. The highest BCUT2D eigenvalue weighted by Crippen LogP contribution is 2.22. The standard InChI is InChI=1S/C20H25N7O5S/c1-3-11-33(22,32)18-23-16(21)15-17(24-18)26(12-13-7-5-4-6-8-13)20(31)27(15)19(30)25(2)10-9-14(28)29/h4-8,22H,3,9-12H2,1-2H3,(H,28,29)(H2,21,23,24). The smallest absolute Gasteiger partial charge is 0.339 e. The number of nitrogens with one attached hydrogen (secondary N) is 1. The van der Waals surface area contributed by atoms with E-state index in [1.165, 1.54) is 11.6 Å². The first-order valence-electron chi connectivity index (χ1n) is 10.1. The van der Waals surface area contributed by atoms with E-state index in [1.807, 2.05) is 6.07 Å². The maximum atomic E-state index is 13.3. The summed E-state index contributed by atoms with van der Waals surface area (Å²) >= 11 is 0. The van der Waals surface area contributed by atoms with Crippen LogP contribution >= 0.6 is 0 Å². The van der Waals surface area contributed by atoms with Gasteiger partial charge in [0.15, 0.2) is 11.5 Å². The molecule has 0 spiro atoms. The van der Waals surface area contributed by atoms with Crippen LogP contribution in [0.15, 0.2) is 40.3 Å². The van der Waals surface area contributed by atoms with Crippen LogP contribution in [0.25, 0.3) is 11.2 Å². The van der Waals surface area contributed by atoms with E-state index >= 15 is 0 Å². The Labute approximate surface area is 189 Å². The van der Waals surface area contributed by atoms with Crippen LogP contribution in [0.3, 0.4) is 0 Å². The molecule has 0 saturated heterocycles. The average molecular weight is 476 g/mol. The summed E-state index contributed by atoms with van der Waals surface area (Å²) in [5.74, 6) is -1.35. The minimum absolute atomic E-state index is 0.0123. The second-order valence-corrected chi connectivity index (χ2v) is 9.60. The molecule has 4 N–H and O–H groups in total. The summed E-state index contributed by atoms with van der Waals surface area (Å²) in [5, 5.41) is 8.60. The largest absolute Gasteiger partial charge is 0.481 e. The Morgan fingerprint density at radius 1 is 1.24 bits per heavy atom. The van der Waals surface area contributed by atoms with Crippen molar-refractivity contribution in [2.75, 3.05) is 25.1 Å². The number of carboxylic acids is 1. The van der Waals surface area contributed by atoms with E-state index in [9.17, 15) is 18.6 Å². The normalized spacial score (nSPS) is 13.0. The molecule has 12 nitrogen and oxygen atoms in total.